The van der Waals surface area contributed by atoms with Gasteiger partial charge in [0.2, 0.25) is 0 Å². The van der Waals surface area contributed by atoms with Crippen molar-refractivity contribution in [3.8, 4) is 0 Å². The molecule has 1 aliphatic rings. The fourth-order valence-electron chi connectivity index (χ4n) is 3.02. The molecule has 0 spiro atoms. The van der Waals surface area contributed by atoms with Crippen molar-refractivity contribution in [1.82, 2.24) is 5.32 Å². The molecule has 1 aliphatic heterocycles. The summed E-state index contributed by atoms with van der Waals surface area (Å²) in [5, 5.41) is 10.6. The second-order valence-corrected chi connectivity index (χ2v) is 7.33. The van der Waals surface area contributed by atoms with E-state index in [4.69, 9.17) is 0 Å². The van der Waals surface area contributed by atoms with E-state index in [1.54, 1.807) is 0 Å². The quantitative estimate of drug-likeness (QED) is 0.268. The number of hydrogen-bond donors (Lipinski definition) is 1. The first kappa shape index (κ1) is 15.1. The molecule has 1 amide bonds. The summed E-state index contributed by atoms with van der Waals surface area (Å²) >= 11 is 5.85. The number of thioether (sulfide) groups is 1. The van der Waals surface area contributed by atoms with E-state index in [1.165, 1.54) is 44.1 Å². The first-order valence-corrected chi connectivity index (χ1v) is 8.70. The minimum Gasteiger partial charge on any atom is -0.307 e. The number of rotatable bonds is 0. The first-order chi connectivity index (χ1) is 11.6. The number of carbonyl (C=O) groups is 1. The van der Waals surface area contributed by atoms with Crippen molar-refractivity contribution in [2.24, 2.45) is 0 Å². The zero-order valence-electron chi connectivity index (χ0n) is 12.7. The van der Waals surface area contributed by atoms with Crippen LogP contribution in [0.4, 0.5) is 0 Å². The van der Waals surface area contributed by atoms with Crippen LogP contribution < -0.4 is 5.32 Å². The van der Waals surface area contributed by atoms with Crippen LogP contribution in [-0.4, -0.2) is 10.2 Å². The van der Waals surface area contributed by atoms with E-state index in [0.29, 0.717) is 9.23 Å². The highest BCUT2D eigenvalue weighted by atomic mass is 32.2. The molecule has 116 valence electrons. The molecule has 5 rings (SSSR count). The molecule has 2 nitrogen and oxygen atoms in total. The van der Waals surface area contributed by atoms with Crippen molar-refractivity contribution in [1.29, 1.82) is 0 Å². The number of amides is 1. The van der Waals surface area contributed by atoms with Crippen LogP contribution in [0, 0.1) is 0 Å². The average Bonchev–Trinajstić information content (AvgIpc) is 2.89. The average molecular weight is 347 g/mol. The molecule has 4 aromatic rings. The molecule has 0 radical (unpaired) electrons. The van der Waals surface area contributed by atoms with E-state index in [-0.39, 0.29) is 5.91 Å². The zero-order valence-corrected chi connectivity index (χ0v) is 14.3. The Morgan fingerprint density at radius 3 is 1.46 bits per heavy atom. The third kappa shape index (κ3) is 2.54. The fraction of sp³-hybridized carbons (Fsp3) is 0. The van der Waals surface area contributed by atoms with Crippen LogP contribution in [0.5, 0.6) is 0 Å². The Balaban J connectivity index is 0.000000155. The number of carbonyl (C=O) groups excluding carboxylic acids is 1. The summed E-state index contributed by atoms with van der Waals surface area (Å²) in [7, 11) is 0. The molecule has 0 atom stereocenters. The van der Waals surface area contributed by atoms with Gasteiger partial charge in [-0.3, -0.25) is 4.79 Å². The highest BCUT2D eigenvalue weighted by Crippen LogP contribution is 2.33. The second kappa shape index (κ2) is 5.89. The van der Waals surface area contributed by atoms with E-state index in [1.807, 2.05) is 0 Å². The van der Waals surface area contributed by atoms with Gasteiger partial charge in [-0.25, -0.2) is 0 Å². The van der Waals surface area contributed by atoms with Crippen LogP contribution in [-0.2, 0) is 4.79 Å². The van der Waals surface area contributed by atoms with Crippen molar-refractivity contribution in [3.05, 3.63) is 72.1 Å². The predicted octanol–water partition coefficient (Wildman–Crippen LogP) is 5.23. The number of hydrogen-bond acceptors (Lipinski definition) is 3. The Hall–Kier alpha value is -2.43. The van der Waals surface area contributed by atoms with Gasteiger partial charge in [0.1, 0.15) is 4.32 Å². The third-order valence-electron chi connectivity index (χ3n) is 4.08. The van der Waals surface area contributed by atoms with Gasteiger partial charge in [0.05, 0.1) is 4.91 Å². The molecule has 0 unspecified atom stereocenters. The fourth-order valence-corrected chi connectivity index (χ4v) is 3.92. The van der Waals surface area contributed by atoms with E-state index in [2.05, 4.69) is 84.8 Å². The van der Waals surface area contributed by atoms with Crippen LogP contribution in [0.2, 0.25) is 0 Å². The summed E-state index contributed by atoms with van der Waals surface area (Å²) < 4.78 is 0.500. The number of nitrogens with one attached hydrogen (secondary N) is 1. The molecule has 1 N–H and O–H groups in total. The third-order valence-corrected chi connectivity index (χ3v) is 5.15. The van der Waals surface area contributed by atoms with Crippen LogP contribution in [0.25, 0.3) is 32.3 Å². The zero-order chi connectivity index (χ0) is 16.7. The second-order valence-electron chi connectivity index (χ2n) is 5.56. The van der Waals surface area contributed by atoms with Crippen LogP contribution >= 0.6 is 24.0 Å². The Kier molecular flexibility index (Phi) is 3.71. The van der Waals surface area contributed by atoms with Gasteiger partial charge in [0.15, 0.2) is 0 Å². The van der Waals surface area contributed by atoms with Gasteiger partial charge in [-0.15, -0.1) is 0 Å². The summed E-state index contributed by atoms with van der Waals surface area (Å²) in [4.78, 5) is 10.9. The lowest BCUT2D eigenvalue weighted by Crippen LogP contribution is -2.17. The topological polar surface area (TPSA) is 29.1 Å². The summed E-state index contributed by atoms with van der Waals surface area (Å²) in [6.45, 7) is 3.45. The summed E-state index contributed by atoms with van der Waals surface area (Å²) in [6, 6.07) is 21.9. The molecule has 1 fully saturated rings. The van der Waals surface area contributed by atoms with Crippen molar-refractivity contribution < 1.29 is 4.79 Å². The molecule has 4 aromatic carbocycles. The summed E-state index contributed by atoms with van der Waals surface area (Å²) in [6.07, 6.45) is 0. The molecule has 1 heterocycles. The Bertz CT molecular complexity index is 969. The van der Waals surface area contributed by atoms with E-state index >= 15 is 0 Å². The van der Waals surface area contributed by atoms with Crippen LogP contribution in [0.1, 0.15) is 0 Å². The first-order valence-electron chi connectivity index (χ1n) is 7.48. The van der Waals surface area contributed by atoms with E-state index in [9.17, 15) is 4.79 Å². The lowest BCUT2D eigenvalue weighted by Gasteiger charge is -2.09. The SMILES string of the molecule is C=C1SC(=S)NC1=O.c1cc2ccc3cccc4ccc(c1)c2c34. The highest BCUT2D eigenvalue weighted by molar-refractivity contribution is 8.26. The van der Waals surface area contributed by atoms with Gasteiger partial charge in [-0.1, -0.05) is 91.2 Å². The van der Waals surface area contributed by atoms with Crippen molar-refractivity contribution in [2.75, 3.05) is 0 Å². The maximum Gasteiger partial charge on any atom is 0.262 e. The van der Waals surface area contributed by atoms with Gasteiger partial charge in [-0.05, 0) is 32.3 Å². The van der Waals surface area contributed by atoms with Gasteiger partial charge >= 0.3 is 0 Å². The Labute approximate surface area is 148 Å². The van der Waals surface area contributed by atoms with Gasteiger partial charge in [0, 0.05) is 0 Å². The highest BCUT2D eigenvalue weighted by Gasteiger charge is 2.18. The molecule has 0 saturated carbocycles. The monoisotopic (exact) mass is 347 g/mol. The van der Waals surface area contributed by atoms with Gasteiger partial charge in [0.25, 0.3) is 5.91 Å². The largest absolute Gasteiger partial charge is 0.307 e. The molecular formula is C20H13NOS2. The maximum absolute atomic E-state index is 10.5. The molecule has 0 bridgehead atoms. The van der Waals surface area contributed by atoms with E-state index < -0.39 is 0 Å². The molecule has 1 saturated heterocycles. The predicted molar refractivity (Wildman–Crippen MR) is 108 cm³/mol. The summed E-state index contributed by atoms with van der Waals surface area (Å²) in [5.41, 5.74) is 0. The minimum absolute atomic E-state index is 0.167. The molecular weight excluding hydrogens is 334 g/mol. The lowest BCUT2D eigenvalue weighted by atomic mass is 9.95. The smallest absolute Gasteiger partial charge is 0.262 e. The number of benzene rings is 4. The number of thiocarbonyl (C=S) groups is 1. The van der Waals surface area contributed by atoms with Crippen molar-refractivity contribution in [2.45, 2.75) is 0 Å². The maximum atomic E-state index is 10.5. The van der Waals surface area contributed by atoms with Gasteiger partial charge in [-0.2, -0.15) is 0 Å². The molecule has 24 heavy (non-hydrogen) atoms. The molecule has 0 aromatic heterocycles. The molecule has 0 aliphatic carbocycles. The van der Waals surface area contributed by atoms with E-state index in [0.717, 1.165) is 0 Å². The Morgan fingerprint density at radius 2 is 1.21 bits per heavy atom. The normalized spacial score (nSPS) is 14.2. The molecule has 4 heteroatoms. The summed E-state index contributed by atoms with van der Waals surface area (Å²) in [5.74, 6) is -0.167. The minimum atomic E-state index is -0.167. The van der Waals surface area contributed by atoms with Crippen LogP contribution in [0.3, 0.4) is 0 Å². The van der Waals surface area contributed by atoms with Crippen molar-refractivity contribution >= 4 is 66.5 Å². The lowest BCUT2D eigenvalue weighted by molar-refractivity contribution is -0.115. The van der Waals surface area contributed by atoms with Crippen molar-refractivity contribution in [3.63, 3.8) is 0 Å². The van der Waals surface area contributed by atoms with Crippen LogP contribution in [0.15, 0.2) is 72.1 Å². The van der Waals surface area contributed by atoms with Gasteiger partial charge < -0.3 is 5.32 Å². The Morgan fingerprint density at radius 1 is 0.792 bits per heavy atom. The standard InChI is InChI=1S/C16H10.C4H3NOS2/c1-3-11-7-9-13-5-2-6-14-10-8-12(4-1)15(11)16(13)14;1-2-3(6)5-4(7)8-2/h1-10H;1H2,(H,5,6,7).